The van der Waals surface area contributed by atoms with E-state index in [0.717, 1.165) is 45.6 Å². The van der Waals surface area contributed by atoms with E-state index in [1.54, 1.807) is 0 Å². The van der Waals surface area contributed by atoms with Gasteiger partial charge in [-0.2, -0.15) is 0 Å². The van der Waals surface area contributed by atoms with Gasteiger partial charge in [-0.15, -0.1) is 0 Å². The Balaban J connectivity index is 2.04. The highest BCUT2D eigenvalue weighted by atomic mass is 16.3. The van der Waals surface area contributed by atoms with Crippen molar-refractivity contribution >= 4 is 6.21 Å². The SMILES string of the molecule is CCCCn1c(O)c(C=NCCN2CCNCC2)c(=O)[nH]c1=O. The maximum Gasteiger partial charge on any atom is 0.331 e. The minimum absolute atomic E-state index is 0.0426. The van der Waals surface area contributed by atoms with Gasteiger partial charge in [0, 0.05) is 45.5 Å². The van der Waals surface area contributed by atoms with Gasteiger partial charge in [-0.25, -0.2) is 4.79 Å². The van der Waals surface area contributed by atoms with Crippen molar-refractivity contribution in [1.29, 1.82) is 0 Å². The van der Waals surface area contributed by atoms with Crippen LogP contribution < -0.4 is 16.6 Å². The molecule has 0 spiro atoms. The van der Waals surface area contributed by atoms with Gasteiger partial charge in [0.25, 0.3) is 5.56 Å². The minimum atomic E-state index is -0.605. The lowest BCUT2D eigenvalue weighted by Gasteiger charge is -2.26. The van der Waals surface area contributed by atoms with Crippen LogP contribution in [0.2, 0.25) is 0 Å². The second-order valence-electron chi connectivity index (χ2n) is 5.63. The first-order chi connectivity index (χ1) is 11.1. The van der Waals surface area contributed by atoms with Crippen LogP contribution in [-0.4, -0.2) is 65.0 Å². The summed E-state index contributed by atoms with van der Waals surface area (Å²) in [5, 5.41) is 13.4. The van der Waals surface area contributed by atoms with Gasteiger partial charge in [0.05, 0.1) is 6.54 Å². The first-order valence-corrected chi connectivity index (χ1v) is 8.12. The van der Waals surface area contributed by atoms with Crippen LogP contribution in [0, 0.1) is 0 Å². The molecular weight excluding hydrogens is 298 g/mol. The Morgan fingerprint density at radius 3 is 2.70 bits per heavy atom. The summed E-state index contributed by atoms with van der Waals surface area (Å²) in [5.41, 5.74) is -1.15. The van der Waals surface area contributed by atoms with Crippen LogP contribution in [0.4, 0.5) is 0 Å². The number of aliphatic imine (C=N–C) groups is 1. The molecule has 0 bridgehead atoms. The number of nitrogens with one attached hydrogen (secondary N) is 2. The molecule has 23 heavy (non-hydrogen) atoms. The maximum atomic E-state index is 11.8. The van der Waals surface area contributed by atoms with Crippen molar-refractivity contribution in [2.45, 2.75) is 26.3 Å². The molecule has 1 saturated heterocycles. The van der Waals surface area contributed by atoms with E-state index in [0.29, 0.717) is 13.1 Å². The van der Waals surface area contributed by atoms with E-state index < -0.39 is 11.2 Å². The van der Waals surface area contributed by atoms with Crippen molar-refractivity contribution in [3.8, 4) is 5.88 Å². The summed E-state index contributed by atoms with van der Waals surface area (Å²) in [6, 6.07) is 0. The number of aromatic amines is 1. The highest BCUT2D eigenvalue weighted by Crippen LogP contribution is 2.08. The summed E-state index contributed by atoms with van der Waals surface area (Å²) in [6.07, 6.45) is 3.00. The summed E-state index contributed by atoms with van der Waals surface area (Å²) < 4.78 is 1.18. The molecule has 0 saturated carbocycles. The van der Waals surface area contributed by atoms with Crippen molar-refractivity contribution in [2.24, 2.45) is 4.99 Å². The lowest BCUT2D eigenvalue weighted by molar-refractivity contribution is 0.248. The van der Waals surface area contributed by atoms with Gasteiger partial charge in [0.15, 0.2) is 0 Å². The molecule has 2 rings (SSSR count). The van der Waals surface area contributed by atoms with Crippen LogP contribution in [0.1, 0.15) is 25.3 Å². The smallest absolute Gasteiger partial charge is 0.331 e. The van der Waals surface area contributed by atoms with Crippen LogP contribution in [0.5, 0.6) is 5.88 Å². The van der Waals surface area contributed by atoms with E-state index in [1.165, 1.54) is 10.8 Å². The van der Waals surface area contributed by atoms with Crippen molar-refractivity contribution < 1.29 is 5.11 Å². The molecule has 0 aliphatic carbocycles. The molecule has 8 heteroatoms. The average molecular weight is 323 g/mol. The Morgan fingerprint density at radius 1 is 1.26 bits per heavy atom. The number of unbranched alkanes of at least 4 members (excludes halogenated alkanes) is 1. The summed E-state index contributed by atoms with van der Waals surface area (Å²) >= 11 is 0. The van der Waals surface area contributed by atoms with Crippen molar-refractivity contribution in [1.82, 2.24) is 19.8 Å². The first kappa shape index (κ1) is 17.4. The van der Waals surface area contributed by atoms with Crippen LogP contribution >= 0.6 is 0 Å². The van der Waals surface area contributed by atoms with Gasteiger partial charge in [0.2, 0.25) is 5.88 Å². The number of aromatic hydroxyl groups is 1. The van der Waals surface area contributed by atoms with Crippen molar-refractivity contribution in [3.63, 3.8) is 0 Å². The summed E-state index contributed by atoms with van der Waals surface area (Å²) in [6.45, 7) is 7.66. The van der Waals surface area contributed by atoms with Gasteiger partial charge in [-0.1, -0.05) is 13.3 Å². The van der Waals surface area contributed by atoms with Crippen LogP contribution in [0.3, 0.4) is 0 Å². The van der Waals surface area contributed by atoms with Crippen LogP contribution in [-0.2, 0) is 6.54 Å². The quantitative estimate of drug-likeness (QED) is 0.580. The third-order valence-electron chi connectivity index (χ3n) is 3.92. The molecule has 8 nitrogen and oxygen atoms in total. The topological polar surface area (TPSA) is 103 Å². The predicted octanol–water partition coefficient (Wildman–Crippen LogP) is -0.634. The maximum absolute atomic E-state index is 11.8. The van der Waals surface area contributed by atoms with Crippen molar-refractivity contribution in [2.75, 3.05) is 39.3 Å². The van der Waals surface area contributed by atoms with Gasteiger partial charge < -0.3 is 10.4 Å². The fraction of sp³-hybridized carbons (Fsp3) is 0.667. The zero-order chi connectivity index (χ0) is 16.7. The van der Waals surface area contributed by atoms with E-state index in [4.69, 9.17) is 0 Å². The lowest BCUT2D eigenvalue weighted by Crippen LogP contribution is -2.44. The van der Waals surface area contributed by atoms with E-state index >= 15 is 0 Å². The first-order valence-electron chi connectivity index (χ1n) is 8.12. The molecule has 1 fully saturated rings. The fourth-order valence-electron chi connectivity index (χ4n) is 2.50. The number of piperazine rings is 1. The standard InChI is InChI=1S/C15H25N5O3/c1-2-3-7-20-14(22)12(13(21)18-15(20)23)11-17-6-10-19-8-4-16-5-9-19/h11,16,22H,2-10H2,1H3,(H,18,21,23). The Morgan fingerprint density at radius 2 is 2.00 bits per heavy atom. The molecule has 1 aliphatic heterocycles. The number of hydrogen-bond acceptors (Lipinski definition) is 6. The predicted molar refractivity (Wildman–Crippen MR) is 89.7 cm³/mol. The monoisotopic (exact) mass is 323 g/mol. The third-order valence-corrected chi connectivity index (χ3v) is 3.92. The molecule has 0 aromatic carbocycles. The molecule has 1 aliphatic rings. The molecule has 0 atom stereocenters. The number of hydrogen-bond donors (Lipinski definition) is 3. The Hall–Kier alpha value is -1.93. The summed E-state index contributed by atoms with van der Waals surface area (Å²) in [5.74, 6) is -0.307. The minimum Gasteiger partial charge on any atom is -0.494 e. The zero-order valence-corrected chi connectivity index (χ0v) is 13.5. The van der Waals surface area contributed by atoms with Crippen LogP contribution in [0.25, 0.3) is 0 Å². The number of H-pyrrole nitrogens is 1. The second-order valence-corrected chi connectivity index (χ2v) is 5.63. The van der Waals surface area contributed by atoms with Gasteiger partial charge in [0.1, 0.15) is 5.56 Å². The van der Waals surface area contributed by atoms with Gasteiger partial charge >= 0.3 is 5.69 Å². The number of aromatic nitrogens is 2. The van der Waals surface area contributed by atoms with E-state index in [2.05, 4.69) is 20.2 Å². The van der Waals surface area contributed by atoms with E-state index in [9.17, 15) is 14.7 Å². The average Bonchev–Trinajstić information content (AvgIpc) is 2.54. The van der Waals surface area contributed by atoms with E-state index in [-0.39, 0.29) is 11.4 Å². The third kappa shape index (κ3) is 4.77. The number of rotatable bonds is 7. The normalized spacial score (nSPS) is 16.2. The Kier molecular flexibility index (Phi) is 6.54. The molecule has 3 N–H and O–H groups in total. The molecule has 0 unspecified atom stereocenters. The van der Waals surface area contributed by atoms with E-state index in [1.807, 2.05) is 6.92 Å². The summed E-state index contributed by atoms with van der Waals surface area (Å²) in [4.78, 5) is 32.3. The highest BCUT2D eigenvalue weighted by molar-refractivity contribution is 5.81. The molecule has 2 heterocycles. The molecule has 128 valence electrons. The van der Waals surface area contributed by atoms with Crippen LogP contribution in [0.15, 0.2) is 14.6 Å². The van der Waals surface area contributed by atoms with Crippen molar-refractivity contribution in [3.05, 3.63) is 26.4 Å². The number of nitrogens with zero attached hydrogens (tertiary/aromatic N) is 3. The van der Waals surface area contributed by atoms with Gasteiger partial charge in [-0.3, -0.25) is 24.2 Å². The Bertz CT molecular complexity index is 643. The molecule has 0 radical (unpaired) electrons. The largest absolute Gasteiger partial charge is 0.494 e. The molecular formula is C15H25N5O3. The lowest BCUT2D eigenvalue weighted by atomic mass is 10.3. The molecule has 1 aromatic heterocycles. The fourth-order valence-corrected chi connectivity index (χ4v) is 2.50. The second kappa shape index (κ2) is 8.64. The zero-order valence-electron chi connectivity index (χ0n) is 13.5. The molecule has 1 aromatic rings. The van der Waals surface area contributed by atoms with Gasteiger partial charge in [-0.05, 0) is 6.42 Å². The molecule has 0 amide bonds. The Labute approximate surface area is 134 Å². The summed E-state index contributed by atoms with van der Waals surface area (Å²) in [7, 11) is 0. The highest BCUT2D eigenvalue weighted by Gasteiger charge is 2.12.